The molecule has 0 aromatic heterocycles. The first-order valence-electron chi connectivity index (χ1n) is 12.4. The van der Waals surface area contributed by atoms with Crippen molar-refractivity contribution in [3.05, 3.63) is 54.6 Å². The van der Waals surface area contributed by atoms with Gasteiger partial charge in [0, 0.05) is 33.8 Å². The molecular formula is C26H45NO11S2Ti. The van der Waals surface area contributed by atoms with Crippen molar-refractivity contribution in [1.82, 2.24) is 0 Å². The van der Waals surface area contributed by atoms with Crippen molar-refractivity contribution in [1.29, 1.82) is 0 Å². The molecule has 12 nitrogen and oxygen atoms in total. The molecule has 2 aromatic carbocycles. The summed E-state index contributed by atoms with van der Waals surface area (Å²) in [7, 11) is -9.50. The molecule has 0 aliphatic rings. The first-order chi connectivity index (χ1) is 17.1. The van der Waals surface area contributed by atoms with Gasteiger partial charge in [-0.05, 0) is 42.8 Å². The largest absolute Gasteiger partial charge is 0.478 e. The number of aliphatic carboxylic acids is 1. The fraction of sp³-hybridized carbons (Fsp3) is 0.500. The van der Waals surface area contributed by atoms with Crippen LogP contribution in [0.5, 0.6) is 0 Å². The maximum Gasteiger partial charge on any atom is 0.353 e. The van der Waals surface area contributed by atoms with Crippen LogP contribution >= 0.6 is 0 Å². The van der Waals surface area contributed by atoms with Crippen molar-refractivity contribution in [2.45, 2.75) is 92.3 Å². The van der Waals surface area contributed by atoms with Gasteiger partial charge in [-0.3, -0.25) is 0 Å². The van der Waals surface area contributed by atoms with Gasteiger partial charge in [-0.25, -0.2) is 17.4 Å². The van der Waals surface area contributed by atoms with Gasteiger partial charge >= 0.3 is 5.97 Å². The van der Waals surface area contributed by atoms with Crippen molar-refractivity contribution in [2.24, 2.45) is 0 Å². The number of carbonyl (C=O) groups is 1. The molecule has 2 rings (SSSR count). The zero-order chi connectivity index (χ0) is 26.7. The van der Waals surface area contributed by atoms with Gasteiger partial charge in [-0.2, -0.15) is 8.42 Å². The summed E-state index contributed by atoms with van der Waals surface area (Å²) in [6, 6.07) is 11.8. The fourth-order valence-electron chi connectivity index (χ4n) is 3.97. The van der Waals surface area contributed by atoms with E-state index in [1.54, 1.807) is 6.07 Å². The third-order valence-corrected chi connectivity index (χ3v) is 9.77. The van der Waals surface area contributed by atoms with E-state index >= 15 is 0 Å². The predicted octanol–water partition coefficient (Wildman–Crippen LogP) is 2.24. The van der Waals surface area contributed by atoms with E-state index in [0.29, 0.717) is 6.42 Å². The number of benzene rings is 2. The summed E-state index contributed by atoms with van der Waals surface area (Å²) in [5.74, 6) is -1.88. The topological polar surface area (TPSA) is 267 Å². The summed E-state index contributed by atoms with van der Waals surface area (Å²) in [6.45, 7) is 2.17. The zero-order valence-corrected chi connectivity index (χ0v) is 26.5. The molecule has 41 heavy (non-hydrogen) atoms. The van der Waals surface area contributed by atoms with Crippen LogP contribution in [0.2, 0.25) is 0 Å². The smallest absolute Gasteiger partial charge is 0.353 e. The summed E-state index contributed by atoms with van der Waals surface area (Å²) < 4.78 is 58.3. The quantitative estimate of drug-likeness (QED) is 0.110. The Morgan fingerprint density at radius 2 is 1.17 bits per heavy atom. The SMILES string of the molecule is CCCCCCCCCCCCC(OS(=O)(=O)c1ccccc1)(C(=O)O)S(=O)(=O)c1ccc(N)cc1.O.O.O.O.[Ti]. The Kier molecular flexibility index (Phi) is 24.5. The molecule has 236 valence electrons. The Morgan fingerprint density at radius 1 is 0.732 bits per heavy atom. The number of hydrogen-bond acceptors (Lipinski definition) is 7. The molecular weight excluding hydrogens is 614 g/mol. The van der Waals surface area contributed by atoms with Crippen molar-refractivity contribution in [2.75, 3.05) is 5.73 Å². The summed E-state index contributed by atoms with van der Waals surface area (Å²) >= 11 is 0. The fourth-order valence-corrected chi connectivity index (χ4v) is 7.21. The Hall–Kier alpha value is -1.88. The van der Waals surface area contributed by atoms with E-state index in [1.807, 2.05) is 0 Å². The van der Waals surface area contributed by atoms with Crippen molar-refractivity contribution in [3.63, 3.8) is 0 Å². The summed E-state index contributed by atoms with van der Waals surface area (Å²) in [6.07, 6.45) is 8.93. The number of unbranched alkanes of at least 4 members (excludes halogenated alkanes) is 9. The van der Waals surface area contributed by atoms with Crippen molar-refractivity contribution >= 4 is 31.6 Å². The molecule has 0 radical (unpaired) electrons. The number of sulfone groups is 1. The standard InChI is InChI=1S/C26H37NO7S2.4H2O.Ti/c1-2-3-4-5-6-7-8-9-10-14-21-26(25(28)29,34-36(32,33)24-15-12-11-13-16-24)35(30,31)23-19-17-22(27)18-20-23;;;;;/h11-13,15-20H,2-10,14,21,27H2,1H3,(H,28,29);4*1H2;. The molecule has 0 aliphatic carbocycles. The maximum atomic E-state index is 13.6. The Balaban J connectivity index is -0.00000137. The van der Waals surface area contributed by atoms with Gasteiger partial charge in [0.15, 0.2) is 0 Å². The first kappa shape index (κ1) is 46.1. The molecule has 1 atom stereocenters. The number of nitrogens with two attached hydrogens (primary N) is 1. The third-order valence-electron chi connectivity index (χ3n) is 6.09. The van der Waals surface area contributed by atoms with Gasteiger partial charge < -0.3 is 32.7 Å². The number of carboxylic acids is 1. The first-order valence-corrected chi connectivity index (χ1v) is 15.3. The molecule has 1 unspecified atom stereocenters. The second-order valence-electron chi connectivity index (χ2n) is 8.91. The molecule has 15 heteroatoms. The van der Waals surface area contributed by atoms with Crippen LogP contribution in [0, 0.1) is 0 Å². The van der Waals surface area contributed by atoms with Crippen LogP contribution in [0.4, 0.5) is 5.69 Å². The number of carboxylic acid groups (broad SMARTS) is 1. The summed E-state index contributed by atoms with van der Waals surface area (Å²) in [5, 5.41) is 10.1. The Labute approximate surface area is 257 Å². The molecule has 2 aromatic rings. The van der Waals surface area contributed by atoms with Gasteiger partial charge in [0.2, 0.25) is 9.84 Å². The van der Waals surface area contributed by atoms with E-state index in [4.69, 9.17) is 9.92 Å². The van der Waals surface area contributed by atoms with E-state index in [9.17, 15) is 26.7 Å². The summed E-state index contributed by atoms with van der Waals surface area (Å²) in [4.78, 5) is 8.79. The zero-order valence-electron chi connectivity index (χ0n) is 23.3. The second-order valence-corrected chi connectivity index (χ2v) is 12.6. The van der Waals surface area contributed by atoms with Crippen LogP contribution in [-0.2, 0) is 50.7 Å². The minimum Gasteiger partial charge on any atom is -0.478 e. The van der Waals surface area contributed by atoms with Crippen LogP contribution < -0.4 is 5.73 Å². The van der Waals surface area contributed by atoms with Crippen molar-refractivity contribution in [3.8, 4) is 0 Å². The molecule has 11 N–H and O–H groups in total. The minimum absolute atomic E-state index is 0. The van der Waals surface area contributed by atoms with E-state index in [0.717, 1.165) is 37.8 Å². The van der Waals surface area contributed by atoms with E-state index < -0.39 is 37.3 Å². The Morgan fingerprint density at radius 3 is 1.61 bits per heavy atom. The monoisotopic (exact) mass is 659 g/mol. The molecule has 0 heterocycles. The molecule has 0 amide bonds. The third kappa shape index (κ3) is 12.9. The van der Waals surface area contributed by atoms with E-state index in [2.05, 4.69) is 6.92 Å². The average Bonchev–Trinajstić information content (AvgIpc) is 2.85. The van der Waals surface area contributed by atoms with Gasteiger partial charge in [0.25, 0.3) is 15.1 Å². The van der Waals surface area contributed by atoms with Gasteiger partial charge in [-0.15, -0.1) is 0 Å². The number of hydrogen-bond donors (Lipinski definition) is 2. The van der Waals surface area contributed by atoms with Gasteiger partial charge in [0.05, 0.1) is 9.79 Å². The summed E-state index contributed by atoms with van der Waals surface area (Å²) in [5.41, 5.74) is 5.93. The molecule has 0 saturated heterocycles. The molecule has 0 aliphatic heterocycles. The normalized spacial score (nSPS) is 12.1. The van der Waals surface area contributed by atoms with Crippen LogP contribution in [0.15, 0.2) is 64.4 Å². The molecule has 0 fully saturated rings. The van der Waals surface area contributed by atoms with E-state index in [-0.39, 0.29) is 65.5 Å². The number of anilines is 1. The molecule has 0 saturated carbocycles. The van der Waals surface area contributed by atoms with Crippen LogP contribution in [0.25, 0.3) is 0 Å². The molecule has 0 bridgehead atoms. The number of nitrogen functional groups attached to an aromatic ring is 1. The van der Waals surface area contributed by atoms with Crippen molar-refractivity contribution < 1.29 is 74.5 Å². The van der Waals surface area contributed by atoms with Crippen LogP contribution in [0.1, 0.15) is 77.6 Å². The van der Waals surface area contributed by atoms with Crippen LogP contribution in [-0.4, -0.2) is 54.7 Å². The predicted molar refractivity (Wildman–Crippen MR) is 154 cm³/mol. The Bertz CT molecular complexity index is 1180. The maximum absolute atomic E-state index is 13.6. The van der Waals surface area contributed by atoms with E-state index in [1.165, 1.54) is 62.1 Å². The second kappa shape index (κ2) is 21.8. The van der Waals surface area contributed by atoms with Gasteiger partial charge in [0.1, 0.15) is 0 Å². The van der Waals surface area contributed by atoms with Gasteiger partial charge in [-0.1, -0.05) is 82.9 Å². The minimum atomic E-state index is -4.79. The average molecular weight is 660 g/mol. The number of rotatable bonds is 17. The molecule has 0 spiro atoms. The van der Waals surface area contributed by atoms with Crippen LogP contribution in [0.3, 0.4) is 0 Å².